The van der Waals surface area contributed by atoms with Gasteiger partial charge in [-0.1, -0.05) is 37.5 Å². The van der Waals surface area contributed by atoms with E-state index in [9.17, 15) is 9.59 Å². The Morgan fingerprint density at radius 2 is 2.00 bits per heavy atom. The first-order valence-electron chi connectivity index (χ1n) is 9.39. The summed E-state index contributed by atoms with van der Waals surface area (Å²) in [5.41, 5.74) is 0.670. The van der Waals surface area contributed by atoms with Gasteiger partial charge in [0.1, 0.15) is 6.04 Å². The Kier molecular flexibility index (Phi) is 6.03. The Morgan fingerprint density at radius 1 is 1.29 bits per heavy atom. The van der Waals surface area contributed by atoms with Crippen LogP contribution in [-0.4, -0.2) is 39.4 Å². The Balaban J connectivity index is 1.58. The highest BCUT2D eigenvalue weighted by Gasteiger charge is 2.35. The summed E-state index contributed by atoms with van der Waals surface area (Å²) in [6.07, 6.45) is 1.92. The van der Waals surface area contributed by atoms with E-state index in [4.69, 9.17) is 16.1 Å². The third kappa shape index (κ3) is 5.10. The molecule has 1 N–H and O–H groups in total. The zero-order chi connectivity index (χ0) is 20.3. The molecule has 1 aromatic carbocycles. The number of hydrogen-bond donors (Lipinski definition) is 1. The molecule has 1 aliphatic heterocycles. The first kappa shape index (κ1) is 20.3. The van der Waals surface area contributed by atoms with Crippen molar-refractivity contribution in [3.8, 4) is 11.4 Å². The van der Waals surface area contributed by atoms with Crippen molar-refractivity contribution in [2.24, 2.45) is 5.41 Å². The van der Waals surface area contributed by atoms with Gasteiger partial charge in [-0.2, -0.15) is 4.98 Å². The van der Waals surface area contributed by atoms with Crippen molar-refractivity contribution in [3.05, 3.63) is 35.2 Å². The van der Waals surface area contributed by atoms with Gasteiger partial charge in [0.15, 0.2) is 0 Å². The van der Waals surface area contributed by atoms with Gasteiger partial charge >= 0.3 is 0 Å². The fourth-order valence-electron chi connectivity index (χ4n) is 3.22. The van der Waals surface area contributed by atoms with Crippen LogP contribution in [0.2, 0.25) is 5.02 Å². The van der Waals surface area contributed by atoms with Crippen LogP contribution in [0.25, 0.3) is 11.4 Å². The maximum Gasteiger partial charge on any atom is 0.246 e. The second-order valence-corrected chi connectivity index (χ2v) is 8.66. The molecule has 0 bridgehead atoms. The lowest BCUT2D eigenvalue weighted by Gasteiger charge is -2.27. The lowest BCUT2D eigenvalue weighted by molar-refractivity contribution is -0.139. The van der Waals surface area contributed by atoms with Crippen molar-refractivity contribution in [2.75, 3.05) is 6.54 Å². The van der Waals surface area contributed by atoms with Crippen LogP contribution < -0.4 is 5.32 Å². The van der Waals surface area contributed by atoms with Gasteiger partial charge in [0.2, 0.25) is 23.5 Å². The summed E-state index contributed by atoms with van der Waals surface area (Å²) in [5, 5.41) is 7.37. The molecular weight excluding hydrogens is 380 g/mol. The average Bonchev–Trinajstić information content (AvgIpc) is 3.28. The van der Waals surface area contributed by atoms with Crippen molar-refractivity contribution < 1.29 is 14.1 Å². The summed E-state index contributed by atoms with van der Waals surface area (Å²) in [7, 11) is 0. The number of benzene rings is 1. The van der Waals surface area contributed by atoms with Gasteiger partial charge in [0.05, 0.1) is 6.54 Å². The van der Waals surface area contributed by atoms with Gasteiger partial charge in [0, 0.05) is 23.6 Å². The molecule has 0 saturated carbocycles. The first-order chi connectivity index (χ1) is 13.2. The van der Waals surface area contributed by atoms with Gasteiger partial charge in [-0.3, -0.25) is 9.59 Å². The minimum atomic E-state index is -0.437. The maximum absolute atomic E-state index is 12.6. The molecule has 7 nitrogen and oxygen atoms in total. The fourth-order valence-corrected chi connectivity index (χ4v) is 3.34. The summed E-state index contributed by atoms with van der Waals surface area (Å²) >= 11 is 5.88. The van der Waals surface area contributed by atoms with E-state index in [2.05, 4.69) is 15.5 Å². The number of amides is 2. The Labute approximate surface area is 169 Å². The summed E-state index contributed by atoms with van der Waals surface area (Å²) in [6, 6.07) is 6.66. The molecule has 2 heterocycles. The highest BCUT2D eigenvalue weighted by molar-refractivity contribution is 6.30. The molecule has 1 saturated heterocycles. The van der Waals surface area contributed by atoms with E-state index in [0.29, 0.717) is 36.1 Å². The number of nitrogens with one attached hydrogen (secondary N) is 1. The van der Waals surface area contributed by atoms with Crippen LogP contribution in [0.3, 0.4) is 0 Å². The van der Waals surface area contributed by atoms with Crippen molar-refractivity contribution >= 4 is 23.4 Å². The number of hydrogen-bond acceptors (Lipinski definition) is 5. The molecule has 1 aliphatic rings. The zero-order valence-corrected chi connectivity index (χ0v) is 17.1. The molecule has 150 valence electrons. The molecule has 0 radical (unpaired) electrons. The van der Waals surface area contributed by atoms with Crippen molar-refractivity contribution in [3.63, 3.8) is 0 Å². The summed E-state index contributed by atoms with van der Waals surface area (Å²) in [5.74, 6) is 0.576. The predicted octanol–water partition coefficient (Wildman–Crippen LogP) is 3.43. The molecule has 3 rings (SSSR count). The van der Waals surface area contributed by atoms with Gasteiger partial charge < -0.3 is 14.7 Å². The summed E-state index contributed by atoms with van der Waals surface area (Å²) in [4.78, 5) is 31.1. The highest BCUT2D eigenvalue weighted by atomic mass is 35.5. The van der Waals surface area contributed by atoms with Gasteiger partial charge in [-0.25, -0.2) is 0 Å². The smallest absolute Gasteiger partial charge is 0.246 e. The van der Waals surface area contributed by atoms with E-state index in [-0.39, 0.29) is 23.8 Å². The van der Waals surface area contributed by atoms with Crippen LogP contribution in [0.4, 0.5) is 0 Å². The SMILES string of the molecule is CC(C)(C)CC(=O)N1CCCC1C(=O)NCc1nc(-c2ccc(Cl)cc2)no1. The third-order valence-corrected chi connectivity index (χ3v) is 4.79. The molecule has 28 heavy (non-hydrogen) atoms. The lowest BCUT2D eigenvalue weighted by atomic mass is 9.91. The summed E-state index contributed by atoms with van der Waals surface area (Å²) < 4.78 is 5.21. The van der Waals surface area contributed by atoms with E-state index in [1.165, 1.54) is 0 Å². The molecular formula is C20H25ClN4O3. The number of nitrogens with zero attached hydrogens (tertiary/aromatic N) is 3. The van der Waals surface area contributed by atoms with Crippen LogP contribution >= 0.6 is 11.6 Å². The van der Waals surface area contributed by atoms with E-state index in [0.717, 1.165) is 12.0 Å². The molecule has 2 aromatic rings. The monoisotopic (exact) mass is 404 g/mol. The van der Waals surface area contributed by atoms with Gasteiger partial charge in [-0.15, -0.1) is 0 Å². The first-order valence-corrected chi connectivity index (χ1v) is 9.76. The predicted molar refractivity (Wildman–Crippen MR) is 105 cm³/mol. The van der Waals surface area contributed by atoms with E-state index < -0.39 is 6.04 Å². The number of aromatic nitrogens is 2. The number of rotatable bonds is 5. The van der Waals surface area contributed by atoms with Crippen molar-refractivity contribution in [1.82, 2.24) is 20.4 Å². The molecule has 2 amide bonds. The highest BCUT2D eigenvalue weighted by Crippen LogP contribution is 2.25. The van der Waals surface area contributed by atoms with Crippen LogP contribution in [0.15, 0.2) is 28.8 Å². The molecule has 0 spiro atoms. The van der Waals surface area contributed by atoms with E-state index in [1.54, 1.807) is 29.2 Å². The Hall–Kier alpha value is -2.41. The third-order valence-electron chi connectivity index (χ3n) is 4.54. The second-order valence-electron chi connectivity index (χ2n) is 8.22. The van der Waals surface area contributed by atoms with Gasteiger partial charge in [-0.05, 0) is 42.5 Å². The quantitative estimate of drug-likeness (QED) is 0.824. The number of likely N-dealkylation sites (tertiary alicyclic amines) is 1. The normalized spacial score (nSPS) is 17.0. The topological polar surface area (TPSA) is 88.3 Å². The number of carbonyl (C=O) groups excluding carboxylic acids is 2. The largest absolute Gasteiger partial charge is 0.345 e. The second kappa shape index (κ2) is 8.31. The molecule has 0 aliphatic carbocycles. The molecule has 1 unspecified atom stereocenters. The maximum atomic E-state index is 12.6. The summed E-state index contributed by atoms with van der Waals surface area (Å²) in [6.45, 7) is 6.79. The average molecular weight is 405 g/mol. The minimum Gasteiger partial charge on any atom is -0.345 e. The fraction of sp³-hybridized carbons (Fsp3) is 0.500. The number of carbonyl (C=O) groups is 2. The Morgan fingerprint density at radius 3 is 2.68 bits per heavy atom. The number of halogens is 1. The van der Waals surface area contributed by atoms with Crippen LogP contribution in [0.1, 0.15) is 45.9 Å². The Bertz CT molecular complexity index is 842. The molecule has 8 heteroatoms. The van der Waals surface area contributed by atoms with Gasteiger partial charge in [0.25, 0.3) is 0 Å². The molecule has 1 aromatic heterocycles. The standard InChI is InChI=1S/C20H25ClN4O3/c1-20(2,3)11-17(26)25-10-4-5-15(25)19(27)22-12-16-23-18(24-28-16)13-6-8-14(21)9-7-13/h6-9,15H,4-5,10-12H2,1-3H3,(H,22,27). The van der Waals surface area contributed by atoms with Crippen LogP contribution in [0, 0.1) is 5.41 Å². The zero-order valence-electron chi connectivity index (χ0n) is 16.4. The molecule has 1 atom stereocenters. The lowest BCUT2D eigenvalue weighted by Crippen LogP contribution is -2.46. The van der Waals surface area contributed by atoms with E-state index in [1.807, 2.05) is 20.8 Å². The van der Waals surface area contributed by atoms with E-state index >= 15 is 0 Å². The minimum absolute atomic E-state index is 0.0213. The van der Waals surface area contributed by atoms with Crippen LogP contribution in [-0.2, 0) is 16.1 Å². The molecule has 1 fully saturated rings. The van der Waals surface area contributed by atoms with Crippen LogP contribution in [0.5, 0.6) is 0 Å². The van der Waals surface area contributed by atoms with Crippen molar-refractivity contribution in [2.45, 2.75) is 52.6 Å². The van der Waals surface area contributed by atoms with Crippen molar-refractivity contribution in [1.29, 1.82) is 0 Å².